The highest BCUT2D eigenvalue weighted by molar-refractivity contribution is 6.47. The normalized spacial score (nSPS) is 13.8. The average molecular weight is 481 g/mol. The van der Waals surface area contributed by atoms with Gasteiger partial charge < -0.3 is 14.1 Å². The van der Waals surface area contributed by atoms with Gasteiger partial charge in [-0.05, 0) is 61.3 Å². The summed E-state index contributed by atoms with van der Waals surface area (Å²) in [5, 5.41) is 5.07. The lowest BCUT2D eigenvalue weighted by Gasteiger charge is -2.08. The van der Waals surface area contributed by atoms with E-state index in [2.05, 4.69) is 21.1 Å². The third kappa shape index (κ3) is 3.88. The lowest BCUT2D eigenvalue weighted by Crippen LogP contribution is -2.13. The number of benzene rings is 3. The molecule has 1 aliphatic heterocycles. The molecule has 0 N–H and O–H groups in total. The molecule has 7 heteroatoms. The Hall–Kier alpha value is -4.52. The minimum absolute atomic E-state index is 0.0838. The zero-order chi connectivity index (χ0) is 25.6. The predicted molar refractivity (Wildman–Crippen MR) is 138 cm³/mol. The number of oxime groups is 1. The summed E-state index contributed by atoms with van der Waals surface area (Å²) in [5.41, 5.74) is 5.19. The monoisotopic (exact) mass is 480 g/mol. The number of allylic oxidation sites excluding steroid dienone is 1. The molecule has 0 spiro atoms. The van der Waals surface area contributed by atoms with Crippen molar-refractivity contribution in [2.45, 2.75) is 33.7 Å². The van der Waals surface area contributed by atoms with Gasteiger partial charge in [-0.1, -0.05) is 29.8 Å². The number of carbonyl (C=O) groups excluding carboxylic acids is 3. The van der Waals surface area contributed by atoms with Crippen LogP contribution in [0.1, 0.15) is 52.1 Å². The van der Waals surface area contributed by atoms with Crippen LogP contribution in [0, 0.1) is 6.92 Å². The highest BCUT2D eigenvalue weighted by Gasteiger charge is 2.33. The van der Waals surface area contributed by atoms with Crippen LogP contribution in [-0.4, -0.2) is 28.0 Å². The molecular formula is C29H24N2O5. The van der Waals surface area contributed by atoms with Gasteiger partial charge in [0.1, 0.15) is 0 Å². The van der Waals surface area contributed by atoms with Crippen LogP contribution in [0.3, 0.4) is 0 Å². The summed E-state index contributed by atoms with van der Waals surface area (Å²) < 4.78 is 7.98. The molecule has 0 saturated heterocycles. The van der Waals surface area contributed by atoms with Gasteiger partial charge in [-0.3, -0.25) is 9.59 Å². The summed E-state index contributed by atoms with van der Waals surface area (Å²) in [7, 11) is 0. The number of ketones is 2. The molecule has 0 fully saturated rings. The Morgan fingerprint density at radius 2 is 1.81 bits per heavy atom. The number of fused-ring (bicyclic) bond motifs is 5. The van der Waals surface area contributed by atoms with Gasteiger partial charge in [0.2, 0.25) is 0 Å². The molecule has 180 valence electrons. The maximum absolute atomic E-state index is 13.4. The van der Waals surface area contributed by atoms with Gasteiger partial charge in [0.25, 0.3) is 5.78 Å². The fraction of sp³-hybridized carbons (Fsp3) is 0.172. The number of rotatable bonds is 6. The van der Waals surface area contributed by atoms with Gasteiger partial charge in [-0.2, -0.15) is 0 Å². The molecule has 2 heterocycles. The van der Waals surface area contributed by atoms with E-state index in [1.165, 1.54) is 6.92 Å². The minimum atomic E-state index is -0.657. The summed E-state index contributed by atoms with van der Waals surface area (Å²) in [6, 6.07) is 16.6. The largest absolute Gasteiger partial charge is 0.432 e. The van der Waals surface area contributed by atoms with Crippen LogP contribution < -0.4 is 4.74 Å². The Kier molecular flexibility index (Phi) is 5.76. The van der Waals surface area contributed by atoms with Gasteiger partial charge in [-0.15, -0.1) is 6.58 Å². The Bertz CT molecular complexity index is 1640. The third-order valence-electron chi connectivity index (χ3n) is 6.29. The molecule has 7 nitrogen and oxygen atoms in total. The molecule has 0 bridgehead atoms. The van der Waals surface area contributed by atoms with E-state index < -0.39 is 11.8 Å². The summed E-state index contributed by atoms with van der Waals surface area (Å²) in [6.45, 7) is 9.77. The lowest BCUT2D eigenvalue weighted by molar-refractivity contribution is -0.141. The maximum Gasteiger partial charge on any atom is 0.332 e. The summed E-state index contributed by atoms with van der Waals surface area (Å²) in [6.07, 6.45) is 0.763. The van der Waals surface area contributed by atoms with E-state index in [9.17, 15) is 14.4 Å². The number of aryl methyl sites for hydroxylation is 2. The maximum atomic E-state index is 13.4. The first kappa shape index (κ1) is 23.2. The van der Waals surface area contributed by atoms with Crippen LogP contribution in [0.25, 0.3) is 21.8 Å². The van der Waals surface area contributed by atoms with E-state index in [0.29, 0.717) is 34.4 Å². The lowest BCUT2D eigenvalue weighted by atomic mass is 9.97. The Labute approximate surface area is 207 Å². The second-order valence-electron chi connectivity index (χ2n) is 8.98. The number of Topliss-reactive ketones (excluding diaryl/α,β-unsaturated/α-hetero) is 1. The quantitative estimate of drug-likeness (QED) is 0.152. The van der Waals surface area contributed by atoms with Crippen LogP contribution >= 0.6 is 0 Å². The van der Waals surface area contributed by atoms with Gasteiger partial charge >= 0.3 is 11.9 Å². The van der Waals surface area contributed by atoms with Gasteiger partial charge in [-0.25, -0.2) is 4.79 Å². The molecule has 1 aromatic heterocycles. The molecule has 0 aliphatic carbocycles. The minimum Gasteiger partial charge on any atom is -0.432 e. The Balaban J connectivity index is 1.73. The fourth-order valence-electron chi connectivity index (χ4n) is 4.54. The number of carbonyl (C=O) groups is 3. The zero-order valence-electron chi connectivity index (χ0n) is 20.3. The van der Waals surface area contributed by atoms with Crippen molar-refractivity contribution in [3.63, 3.8) is 0 Å². The molecule has 0 saturated carbocycles. The Morgan fingerprint density at radius 1 is 1.06 bits per heavy atom. The zero-order valence-corrected chi connectivity index (χ0v) is 20.3. The highest BCUT2D eigenvalue weighted by Crippen LogP contribution is 2.42. The topological polar surface area (TPSA) is 87.0 Å². The van der Waals surface area contributed by atoms with Crippen molar-refractivity contribution < 1.29 is 24.0 Å². The van der Waals surface area contributed by atoms with Gasteiger partial charge in [0.15, 0.2) is 11.5 Å². The number of hydrogen-bond donors (Lipinski definition) is 0. The molecular weight excluding hydrogens is 456 g/mol. The fourth-order valence-corrected chi connectivity index (χ4v) is 4.54. The Morgan fingerprint density at radius 3 is 2.53 bits per heavy atom. The molecule has 5 rings (SSSR count). The second kappa shape index (κ2) is 8.92. The van der Waals surface area contributed by atoms with Crippen molar-refractivity contribution in [3.8, 4) is 5.75 Å². The highest BCUT2D eigenvalue weighted by atomic mass is 16.7. The van der Waals surface area contributed by atoms with E-state index in [1.54, 1.807) is 6.07 Å². The average Bonchev–Trinajstić information content (AvgIpc) is 3.35. The molecule has 1 aliphatic rings. The first-order valence-corrected chi connectivity index (χ1v) is 11.6. The molecule has 36 heavy (non-hydrogen) atoms. The molecule has 0 amide bonds. The van der Waals surface area contributed by atoms with Crippen LogP contribution in [-0.2, 0) is 16.2 Å². The predicted octanol–water partition coefficient (Wildman–Crippen LogP) is 5.75. The molecule has 3 aromatic carbocycles. The van der Waals surface area contributed by atoms with Crippen molar-refractivity contribution in [3.05, 3.63) is 89.0 Å². The van der Waals surface area contributed by atoms with Crippen molar-refractivity contribution >= 4 is 45.2 Å². The SMILES string of the molecule is C=C(C)CCn1c2ccc(C(=O)c3ccccc3C)cc2c2c3c(ccc21)C(=O)/C(=N\OC(C)=O)O3. The standard InChI is InChI=1S/C29H24N2O5/c1-16(2)13-14-31-23-11-9-19(26(33)20-8-6-5-7-17(20)3)15-22(23)25-24(31)12-10-21-27(34)29(35-28(21)25)30-36-18(4)32/h5-12,15H,1,13-14H2,2-4H3/b30-29+. The first-order valence-electron chi connectivity index (χ1n) is 11.6. The van der Waals surface area contributed by atoms with E-state index in [0.717, 1.165) is 34.0 Å². The number of ether oxygens (including phenoxy) is 1. The van der Waals surface area contributed by atoms with E-state index in [1.807, 2.05) is 62.4 Å². The summed E-state index contributed by atoms with van der Waals surface area (Å²) in [5.74, 6) is -1.18. The van der Waals surface area contributed by atoms with Gasteiger partial charge in [0, 0.05) is 35.5 Å². The second-order valence-corrected chi connectivity index (χ2v) is 8.98. The van der Waals surface area contributed by atoms with E-state index >= 15 is 0 Å². The number of nitrogens with zero attached hydrogens (tertiary/aromatic N) is 2. The van der Waals surface area contributed by atoms with Crippen molar-refractivity contribution in [1.29, 1.82) is 0 Å². The molecule has 0 unspecified atom stereocenters. The van der Waals surface area contributed by atoms with Crippen LogP contribution in [0.5, 0.6) is 5.75 Å². The van der Waals surface area contributed by atoms with Crippen LogP contribution in [0.15, 0.2) is 71.9 Å². The number of hydrogen-bond acceptors (Lipinski definition) is 6. The van der Waals surface area contributed by atoms with Crippen LogP contribution in [0.2, 0.25) is 0 Å². The summed E-state index contributed by atoms with van der Waals surface area (Å²) in [4.78, 5) is 42.1. The van der Waals surface area contributed by atoms with E-state index in [-0.39, 0.29) is 11.7 Å². The molecule has 4 aromatic rings. The summed E-state index contributed by atoms with van der Waals surface area (Å²) >= 11 is 0. The van der Waals surface area contributed by atoms with Crippen molar-refractivity contribution in [2.24, 2.45) is 5.16 Å². The molecule has 0 radical (unpaired) electrons. The third-order valence-corrected chi connectivity index (χ3v) is 6.29. The van der Waals surface area contributed by atoms with Crippen LogP contribution in [0.4, 0.5) is 0 Å². The first-order chi connectivity index (χ1) is 17.3. The van der Waals surface area contributed by atoms with E-state index in [4.69, 9.17) is 4.74 Å². The van der Waals surface area contributed by atoms with Crippen molar-refractivity contribution in [1.82, 2.24) is 4.57 Å². The van der Waals surface area contributed by atoms with Gasteiger partial charge in [0.05, 0.1) is 16.5 Å². The smallest absolute Gasteiger partial charge is 0.332 e. The van der Waals surface area contributed by atoms with Crippen molar-refractivity contribution in [2.75, 3.05) is 0 Å². The number of aromatic nitrogens is 1. The molecule has 0 atom stereocenters.